The van der Waals surface area contributed by atoms with Crippen molar-refractivity contribution in [3.8, 4) is 0 Å². The Kier molecular flexibility index (Phi) is 7.27. The van der Waals surface area contributed by atoms with Gasteiger partial charge in [0.2, 0.25) is 5.92 Å². The minimum Gasteiger partial charge on any atom is -0.314 e. The predicted molar refractivity (Wildman–Crippen MR) is 77.7 cm³/mol. The fourth-order valence-corrected chi connectivity index (χ4v) is 3.28. The largest absolute Gasteiger partial charge is 0.314 e. The summed E-state index contributed by atoms with van der Waals surface area (Å²) in [6.45, 7) is 7.68. The molecule has 2 unspecified atom stereocenters. The monoisotopic (exact) mass is 275 g/mol. The SMILES string of the molecule is CCCNC(CC(C)CCC)C1CCC(F)(F)CC1. The Morgan fingerprint density at radius 3 is 2.32 bits per heavy atom. The Balaban J connectivity index is 2.48. The summed E-state index contributed by atoms with van der Waals surface area (Å²) in [5.41, 5.74) is 0. The number of hydrogen-bond donors (Lipinski definition) is 1. The van der Waals surface area contributed by atoms with Gasteiger partial charge in [0.25, 0.3) is 0 Å². The average Bonchev–Trinajstić information content (AvgIpc) is 2.35. The highest BCUT2D eigenvalue weighted by atomic mass is 19.3. The van der Waals surface area contributed by atoms with Gasteiger partial charge in [-0.25, -0.2) is 8.78 Å². The van der Waals surface area contributed by atoms with Crippen molar-refractivity contribution in [1.29, 1.82) is 0 Å². The summed E-state index contributed by atoms with van der Waals surface area (Å²) in [7, 11) is 0. The third kappa shape index (κ3) is 6.20. The van der Waals surface area contributed by atoms with E-state index in [9.17, 15) is 8.78 Å². The number of hydrogen-bond acceptors (Lipinski definition) is 1. The van der Waals surface area contributed by atoms with Crippen molar-refractivity contribution in [3.63, 3.8) is 0 Å². The minimum absolute atomic E-state index is 0.0874. The van der Waals surface area contributed by atoms with Crippen LogP contribution in [0.4, 0.5) is 8.78 Å². The maximum Gasteiger partial charge on any atom is 0.248 e. The van der Waals surface area contributed by atoms with Crippen molar-refractivity contribution in [2.45, 2.75) is 84.1 Å². The van der Waals surface area contributed by atoms with E-state index in [0.29, 0.717) is 30.7 Å². The van der Waals surface area contributed by atoms with Crippen LogP contribution in [0.3, 0.4) is 0 Å². The molecular formula is C16H31F2N. The number of halogens is 2. The normalized spacial score (nSPS) is 23.2. The van der Waals surface area contributed by atoms with Crippen LogP contribution in [-0.2, 0) is 0 Å². The molecule has 1 nitrogen and oxygen atoms in total. The molecule has 0 amide bonds. The molecule has 114 valence electrons. The highest BCUT2D eigenvalue weighted by Gasteiger charge is 2.37. The summed E-state index contributed by atoms with van der Waals surface area (Å²) in [5.74, 6) is -1.26. The summed E-state index contributed by atoms with van der Waals surface area (Å²) in [6.07, 6.45) is 6.26. The summed E-state index contributed by atoms with van der Waals surface area (Å²) in [6, 6.07) is 0.442. The lowest BCUT2D eigenvalue weighted by Gasteiger charge is -2.35. The number of rotatable bonds is 8. The van der Waals surface area contributed by atoms with Crippen LogP contribution in [0.2, 0.25) is 0 Å². The second-order valence-electron chi connectivity index (χ2n) is 6.38. The Bertz CT molecular complexity index is 233. The lowest BCUT2D eigenvalue weighted by Crippen LogP contribution is -2.41. The van der Waals surface area contributed by atoms with Gasteiger partial charge in [-0.3, -0.25) is 0 Å². The van der Waals surface area contributed by atoms with Crippen LogP contribution in [0.1, 0.15) is 72.1 Å². The van der Waals surface area contributed by atoms with Crippen LogP contribution < -0.4 is 5.32 Å². The molecule has 0 aliphatic heterocycles. The van der Waals surface area contributed by atoms with E-state index in [-0.39, 0.29) is 12.8 Å². The van der Waals surface area contributed by atoms with Gasteiger partial charge < -0.3 is 5.32 Å². The molecule has 0 bridgehead atoms. The lowest BCUT2D eigenvalue weighted by molar-refractivity contribution is -0.0503. The fourth-order valence-electron chi connectivity index (χ4n) is 3.28. The number of nitrogens with one attached hydrogen (secondary N) is 1. The molecule has 0 spiro atoms. The third-order valence-corrected chi connectivity index (χ3v) is 4.43. The Morgan fingerprint density at radius 2 is 1.79 bits per heavy atom. The molecule has 19 heavy (non-hydrogen) atoms. The summed E-state index contributed by atoms with van der Waals surface area (Å²) < 4.78 is 26.5. The molecule has 0 radical (unpaired) electrons. The van der Waals surface area contributed by atoms with Crippen LogP contribution in [0.25, 0.3) is 0 Å². The molecule has 0 saturated heterocycles. The first-order valence-electron chi connectivity index (χ1n) is 8.09. The quantitative estimate of drug-likeness (QED) is 0.657. The van der Waals surface area contributed by atoms with Gasteiger partial charge in [0.15, 0.2) is 0 Å². The van der Waals surface area contributed by atoms with Gasteiger partial charge in [-0.15, -0.1) is 0 Å². The molecule has 3 heteroatoms. The summed E-state index contributed by atoms with van der Waals surface area (Å²) in [4.78, 5) is 0. The molecule has 2 atom stereocenters. The lowest BCUT2D eigenvalue weighted by atomic mass is 9.78. The van der Waals surface area contributed by atoms with Crippen molar-refractivity contribution in [1.82, 2.24) is 5.32 Å². The molecule has 1 aliphatic rings. The van der Waals surface area contributed by atoms with Gasteiger partial charge in [0.1, 0.15) is 0 Å². The zero-order valence-corrected chi connectivity index (χ0v) is 12.9. The average molecular weight is 275 g/mol. The van der Waals surface area contributed by atoms with Crippen molar-refractivity contribution < 1.29 is 8.78 Å². The van der Waals surface area contributed by atoms with Crippen molar-refractivity contribution in [2.75, 3.05) is 6.54 Å². The van der Waals surface area contributed by atoms with Crippen molar-refractivity contribution in [2.24, 2.45) is 11.8 Å². The molecule has 0 aromatic carbocycles. The summed E-state index contributed by atoms with van der Waals surface area (Å²) >= 11 is 0. The molecule has 1 saturated carbocycles. The molecule has 0 aromatic heterocycles. The highest BCUT2D eigenvalue weighted by Crippen LogP contribution is 2.38. The summed E-state index contributed by atoms with van der Waals surface area (Å²) in [5, 5.41) is 3.61. The Labute approximate surface area is 117 Å². The molecule has 1 fully saturated rings. The molecule has 1 N–H and O–H groups in total. The van der Waals surface area contributed by atoms with Gasteiger partial charge >= 0.3 is 0 Å². The predicted octanol–water partition coefficient (Wildman–Crippen LogP) is 5.01. The number of alkyl halides is 2. The van der Waals surface area contributed by atoms with Gasteiger partial charge in [-0.05, 0) is 44.1 Å². The smallest absolute Gasteiger partial charge is 0.248 e. The Hall–Kier alpha value is -0.180. The van der Waals surface area contributed by atoms with Gasteiger partial charge in [0.05, 0.1) is 0 Å². The first kappa shape index (κ1) is 16.9. The zero-order valence-electron chi connectivity index (χ0n) is 12.9. The van der Waals surface area contributed by atoms with E-state index in [2.05, 4.69) is 26.1 Å². The first-order valence-corrected chi connectivity index (χ1v) is 8.09. The first-order chi connectivity index (χ1) is 8.98. The van der Waals surface area contributed by atoms with Gasteiger partial charge in [0, 0.05) is 18.9 Å². The maximum absolute atomic E-state index is 13.3. The second-order valence-corrected chi connectivity index (χ2v) is 6.38. The van der Waals surface area contributed by atoms with Crippen LogP contribution in [0, 0.1) is 11.8 Å². The topological polar surface area (TPSA) is 12.0 Å². The van der Waals surface area contributed by atoms with Gasteiger partial charge in [-0.2, -0.15) is 0 Å². The third-order valence-electron chi connectivity index (χ3n) is 4.43. The van der Waals surface area contributed by atoms with E-state index in [1.54, 1.807) is 0 Å². The van der Waals surface area contributed by atoms with Crippen LogP contribution >= 0.6 is 0 Å². The Morgan fingerprint density at radius 1 is 1.16 bits per heavy atom. The van der Waals surface area contributed by atoms with Crippen LogP contribution in [0.15, 0.2) is 0 Å². The standard InChI is InChI=1S/C16H31F2N/c1-4-6-13(3)12-15(19-11-5-2)14-7-9-16(17,18)10-8-14/h13-15,19H,4-12H2,1-3H3. The van der Waals surface area contributed by atoms with Crippen LogP contribution in [-0.4, -0.2) is 18.5 Å². The van der Waals surface area contributed by atoms with Crippen LogP contribution in [0.5, 0.6) is 0 Å². The van der Waals surface area contributed by atoms with E-state index in [1.165, 1.54) is 12.8 Å². The van der Waals surface area contributed by atoms with Gasteiger partial charge in [-0.1, -0.05) is 33.6 Å². The molecule has 1 rings (SSSR count). The van der Waals surface area contributed by atoms with Crippen molar-refractivity contribution in [3.05, 3.63) is 0 Å². The van der Waals surface area contributed by atoms with E-state index in [1.807, 2.05) is 0 Å². The van der Waals surface area contributed by atoms with Crippen molar-refractivity contribution >= 4 is 0 Å². The molecule has 0 aromatic rings. The van der Waals surface area contributed by atoms with E-state index in [4.69, 9.17) is 0 Å². The molecule has 0 heterocycles. The van der Waals surface area contributed by atoms with E-state index < -0.39 is 5.92 Å². The minimum atomic E-state index is -2.40. The maximum atomic E-state index is 13.3. The molecule has 1 aliphatic carbocycles. The van der Waals surface area contributed by atoms with E-state index >= 15 is 0 Å². The zero-order chi connectivity index (χ0) is 14.3. The molecular weight excluding hydrogens is 244 g/mol. The highest BCUT2D eigenvalue weighted by molar-refractivity contribution is 4.85. The van der Waals surface area contributed by atoms with E-state index in [0.717, 1.165) is 19.4 Å². The fraction of sp³-hybridized carbons (Fsp3) is 1.00. The second kappa shape index (κ2) is 8.18.